The molecule has 0 radical (unpaired) electrons. The van der Waals surface area contributed by atoms with E-state index in [1.807, 2.05) is 0 Å². The van der Waals surface area contributed by atoms with Crippen LogP contribution in [0.15, 0.2) is 0 Å². The number of fused-ring (bicyclic) bond motifs is 2. The van der Waals surface area contributed by atoms with Gasteiger partial charge < -0.3 is 6.92 Å². The Bertz CT molecular complexity index is 101. The van der Waals surface area contributed by atoms with Crippen molar-refractivity contribution in [3.63, 3.8) is 0 Å². The molecule has 0 atom stereocenters. The Labute approximate surface area is 69.6 Å². The Kier molecular flexibility index (Phi) is 1.99. The number of hydrogen-bond acceptors (Lipinski definition) is 0. The predicted molar refractivity (Wildman–Crippen MR) is 34.4 cm³/mol. The van der Waals surface area contributed by atoms with Crippen molar-refractivity contribution < 1.29 is 18.9 Å². The van der Waals surface area contributed by atoms with Crippen LogP contribution in [-0.4, -0.2) is 0 Å². The zero-order valence-electron chi connectivity index (χ0n) is 6.32. The van der Waals surface area contributed by atoms with Crippen LogP contribution in [0.3, 0.4) is 0 Å². The molecule has 1 heteroatoms. The minimum atomic E-state index is 0. The third-order valence-corrected chi connectivity index (χ3v) is 2.89. The number of rotatable bonds is 0. The molecule has 2 saturated carbocycles. The van der Waals surface area contributed by atoms with Gasteiger partial charge in [0.05, 0.1) is 0 Å². The molecule has 0 aromatic heterocycles. The molecule has 2 rings (SSSR count). The van der Waals surface area contributed by atoms with Crippen molar-refractivity contribution in [3.05, 3.63) is 6.92 Å². The first-order valence-corrected chi connectivity index (χ1v) is 3.64. The van der Waals surface area contributed by atoms with Crippen molar-refractivity contribution in [3.8, 4) is 0 Å². The van der Waals surface area contributed by atoms with E-state index < -0.39 is 0 Å². The van der Waals surface area contributed by atoms with Gasteiger partial charge in [0.15, 0.2) is 0 Å². The molecular weight excluding hydrogens is 103 g/mol. The van der Waals surface area contributed by atoms with Crippen LogP contribution in [0.2, 0.25) is 0 Å². The Hall–Kier alpha value is 0.597. The van der Waals surface area contributed by atoms with E-state index in [1.165, 1.54) is 32.1 Å². The van der Waals surface area contributed by atoms with Gasteiger partial charge in [0, 0.05) is 0 Å². The number of hydrogen-bond donors (Lipinski definition) is 0. The molecule has 0 aromatic carbocycles. The van der Waals surface area contributed by atoms with Gasteiger partial charge in [-0.05, 0) is 5.92 Å². The predicted octanol–water partition coefficient (Wildman–Crippen LogP) is -0.595. The van der Waals surface area contributed by atoms with Gasteiger partial charge >= 0.3 is 18.9 Å². The maximum Gasteiger partial charge on any atom is 1.00 e. The Morgan fingerprint density at radius 2 is 1.78 bits per heavy atom. The van der Waals surface area contributed by atoms with E-state index in [0.29, 0.717) is 5.41 Å². The van der Waals surface area contributed by atoms with Crippen molar-refractivity contribution in [1.82, 2.24) is 0 Å². The average molecular weight is 116 g/mol. The van der Waals surface area contributed by atoms with Gasteiger partial charge in [-0.1, -0.05) is 32.1 Å². The molecule has 0 saturated heterocycles. The zero-order chi connectivity index (χ0) is 5.61. The Balaban J connectivity index is 0.000000405. The molecule has 0 amide bonds. The van der Waals surface area contributed by atoms with Crippen LogP contribution in [0.25, 0.3) is 0 Å². The molecule has 0 aliphatic heterocycles. The van der Waals surface area contributed by atoms with Crippen LogP contribution < -0.4 is 18.9 Å². The summed E-state index contributed by atoms with van der Waals surface area (Å²) in [4.78, 5) is 0. The summed E-state index contributed by atoms with van der Waals surface area (Å²) in [6.07, 6.45) is 7.22. The quantitative estimate of drug-likeness (QED) is 0.293. The van der Waals surface area contributed by atoms with Gasteiger partial charge in [-0.2, -0.15) is 5.41 Å². The third-order valence-electron chi connectivity index (χ3n) is 2.89. The van der Waals surface area contributed by atoms with Crippen molar-refractivity contribution in [2.75, 3.05) is 0 Å². The van der Waals surface area contributed by atoms with Crippen LogP contribution >= 0.6 is 0 Å². The molecule has 2 fully saturated rings. The van der Waals surface area contributed by atoms with E-state index >= 15 is 0 Å². The molecule has 0 nitrogen and oxygen atoms in total. The van der Waals surface area contributed by atoms with Gasteiger partial charge in [0.1, 0.15) is 0 Å². The van der Waals surface area contributed by atoms with Gasteiger partial charge in [-0.15, -0.1) is 0 Å². The fraction of sp³-hybridized carbons (Fsp3) is 0.875. The van der Waals surface area contributed by atoms with Crippen molar-refractivity contribution in [2.24, 2.45) is 11.3 Å². The maximum absolute atomic E-state index is 4.23. The normalized spacial score (nSPS) is 47.0. The van der Waals surface area contributed by atoms with E-state index in [-0.39, 0.29) is 18.9 Å². The molecule has 0 spiro atoms. The fourth-order valence-electron chi connectivity index (χ4n) is 2.31. The van der Waals surface area contributed by atoms with E-state index in [4.69, 9.17) is 0 Å². The van der Waals surface area contributed by atoms with E-state index in [9.17, 15) is 0 Å². The summed E-state index contributed by atoms with van der Waals surface area (Å²) in [7, 11) is 0. The smallest absolute Gasteiger partial charge is 0.337 e. The summed E-state index contributed by atoms with van der Waals surface area (Å²) in [6, 6.07) is 0. The maximum atomic E-state index is 4.23. The van der Waals surface area contributed by atoms with E-state index in [0.717, 1.165) is 5.92 Å². The monoisotopic (exact) mass is 116 g/mol. The molecule has 2 aliphatic rings. The second kappa shape index (κ2) is 2.33. The Morgan fingerprint density at radius 3 is 1.89 bits per heavy atom. The van der Waals surface area contributed by atoms with Crippen LogP contribution in [0.1, 0.15) is 32.1 Å². The Morgan fingerprint density at radius 1 is 1.22 bits per heavy atom. The largest absolute Gasteiger partial charge is 1.00 e. The molecule has 0 aromatic rings. The summed E-state index contributed by atoms with van der Waals surface area (Å²) < 4.78 is 0. The summed E-state index contributed by atoms with van der Waals surface area (Å²) in [5.74, 6) is 1.08. The second-order valence-electron chi connectivity index (χ2n) is 3.65. The third kappa shape index (κ3) is 1.21. The first kappa shape index (κ1) is 7.70. The molecule has 0 unspecified atom stereocenters. The SMILES string of the molecule is [CH2-]C12CCC(CC1)C2.[Li+]. The van der Waals surface area contributed by atoms with Gasteiger partial charge in [-0.3, -0.25) is 0 Å². The molecule has 0 heterocycles. The minimum absolute atomic E-state index is 0. The molecule has 0 N–H and O–H groups in total. The summed E-state index contributed by atoms with van der Waals surface area (Å²) in [5, 5.41) is 0. The molecule has 9 heavy (non-hydrogen) atoms. The first-order valence-electron chi connectivity index (χ1n) is 3.64. The van der Waals surface area contributed by atoms with E-state index in [1.54, 1.807) is 0 Å². The van der Waals surface area contributed by atoms with Gasteiger partial charge in [-0.25, -0.2) is 0 Å². The standard InChI is InChI=1S/C8H13.Li/c1-8-4-2-7(6-8)3-5-8;/h7H,1-6H2;/q-1;+1. The molecular formula is C8H13Li. The van der Waals surface area contributed by atoms with Gasteiger partial charge in [0.2, 0.25) is 0 Å². The summed E-state index contributed by atoms with van der Waals surface area (Å²) >= 11 is 0. The second-order valence-corrected chi connectivity index (χ2v) is 3.65. The van der Waals surface area contributed by atoms with E-state index in [2.05, 4.69) is 6.92 Å². The van der Waals surface area contributed by atoms with Crippen molar-refractivity contribution in [2.45, 2.75) is 32.1 Å². The zero-order valence-corrected chi connectivity index (χ0v) is 6.32. The first-order chi connectivity index (χ1) is 3.79. The van der Waals surface area contributed by atoms with Crippen molar-refractivity contribution in [1.29, 1.82) is 0 Å². The van der Waals surface area contributed by atoms with Crippen LogP contribution in [0.4, 0.5) is 0 Å². The van der Waals surface area contributed by atoms with Crippen LogP contribution in [0, 0.1) is 18.3 Å². The fourth-order valence-corrected chi connectivity index (χ4v) is 2.31. The molecule has 2 bridgehead atoms. The molecule has 2 aliphatic carbocycles. The minimum Gasteiger partial charge on any atom is -0.337 e. The topological polar surface area (TPSA) is 0 Å². The van der Waals surface area contributed by atoms with Crippen LogP contribution in [0.5, 0.6) is 0 Å². The average Bonchev–Trinajstić information content (AvgIpc) is 2.21. The van der Waals surface area contributed by atoms with Crippen molar-refractivity contribution >= 4 is 0 Å². The van der Waals surface area contributed by atoms with Crippen LogP contribution in [-0.2, 0) is 0 Å². The molecule has 46 valence electrons. The summed E-state index contributed by atoms with van der Waals surface area (Å²) in [5.41, 5.74) is 0.560. The van der Waals surface area contributed by atoms with Gasteiger partial charge in [0.25, 0.3) is 0 Å². The summed E-state index contributed by atoms with van der Waals surface area (Å²) in [6.45, 7) is 4.23.